The summed E-state index contributed by atoms with van der Waals surface area (Å²) in [6.07, 6.45) is 11.5. The highest BCUT2D eigenvalue weighted by atomic mass is 16.7. The Hall–Kier alpha value is -2.44. The zero-order valence-corrected chi connectivity index (χ0v) is 12.5. The Morgan fingerprint density at radius 3 is 2.83 bits per heavy atom. The van der Waals surface area contributed by atoms with E-state index in [-0.39, 0.29) is 0 Å². The van der Waals surface area contributed by atoms with E-state index < -0.39 is 5.79 Å². The maximum Gasteiger partial charge on any atom is 0.188 e. The molecule has 0 aromatic carbocycles. The van der Waals surface area contributed by atoms with Crippen LogP contribution in [0.25, 0.3) is 27.7 Å². The van der Waals surface area contributed by atoms with Crippen LogP contribution in [-0.2, 0) is 9.47 Å². The number of aromatic amines is 2. The van der Waals surface area contributed by atoms with Gasteiger partial charge in [0.15, 0.2) is 5.79 Å². The van der Waals surface area contributed by atoms with Gasteiger partial charge in [-0.25, -0.2) is 4.98 Å². The maximum atomic E-state index is 5.77. The zero-order chi connectivity index (χ0) is 15.3. The molecule has 1 fully saturated rings. The molecule has 1 aliphatic heterocycles. The fourth-order valence-corrected chi connectivity index (χ4v) is 3.46. The molecule has 0 saturated carbocycles. The van der Waals surface area contributed by atoms with E-state index in [1.165, 1.54) is 5.57 Å². The van der Waals surface area contributed by atoms with Crippen molar-refractivity contribution in [2.24, 2.45) is 0 Å². The molecule has 0 unspecified atom stereocenters. The third-order valence-corrected chi connectivity index (χ3v) is 4.62. The number of nitrogens with one attached hydrogen (secondary N) is 2. The molecule has 5 rings (SSSR count). The van der Waals surface area contributed by atoms with Crippen LogP contribution in [0.1, 0.15) is 18.4 Å². The predicted molar refractivity (Wildman–Crippen MR) is 85.5 cm³/mol. The lowest BCUT2D eigenvalue weighted by molar-refractivity contribution is -0.114. The number of rotatable bonds is 2. The predicted octanol–water partition coefficient (Wildman–Crippen LogP) is 2.87. The molecule has 4 heterocycles. The summed E-state index contributed by atoms with van der Waals surface area (Å²) in [7, 11) is 0. The van der Waals surface area contributed by atoms with Gasteiger partial charge in [-0.3, -0.25) is 5.10 Å². The second-order valence-corrected chi connectivity index (χ2v) is 5.99. The number of aromatic nitrogens is 4. The zero-order valence-electron chi connectivity index (χ0n) is 12.5. The van der Waals surface area contributed by atoms with E-state index in [4.69, 9.17) is 9.47 Å². The van der Waals surface area contributed by atoms with Crippen LogP contribution in [0.2, 0.25) is 0 Å². The number of fused-ring (bicyclic) bond motifs is 1. The number of ether oxygens (including phenoxy) is 2. The molecule has 6 heteroatoms. The summed E-state index contributed by atoms with van der Waals surface area (Å²) in [6, 6.07) is 2.18. The quantitative estimate of drug-likeness (QED) is 0.763. The van der Waals surface area contributed by atoms with Gasteiger partial charge in [-0.2, -0.15) is 5.10 Å². The van der Waals surface area contributed by atoms with E-state index in [1.54, 1.807) is 0 Å². The minimum Gasteiger partial charge on any atom is -0.346 e. The highest BCUT2D eigenvalue weighted by molar-refractivity contribution is 5.95. The second-order valence-electron chi connectivity index (χ2n) is 5.99. The van der Waals surface area contributed by atoms with Crippen LogP contribution in [0.4, 0.5) is 0 Å². The Kier molecular flexibility index (Phi) is 2.71. The normalized spacial score (nSPS) is 19.7. The number of hydrogen-bond donors (Lipinski definition) is 2. The van der Waals surface area contributed by atoms with Gasteiger partial charge in [0.2, 0.25) is 0 Å². The van der Waals surface area contributed by atoms with E-state index in [1.807, 2.05) is 24.8 Å². The number of pyridine rings is 1. The molecule has 0 amide bonds. The lowest BCUT2D eigenvalue weighted by atomic mass is 10.0. The van der Waals surface area contributed by atoms with Gasteiger partial charge in [0.1, 0.15) is 5.65 Å². The summed E-state index contributed by atoms with van der Waals surface area (Å²) >= 11 is 0. The Balaban J connectivity index is 1.59. The molecular formula is C17H16N4O2. The second kappa shape index (κ2) is 4.78. The van der Waals surface area contributed by atoms with Crippen molar-refractivity contribution in [3.8, 4) is 11.1 Å². The molecule has 116 valence electrons. The smallest absolute Gasteiger partial charge is 0.188 e. The van der Waals surface area contributed by atoms with Crippen molar-refractivity contribution in [2.45, 2.75) is 18.6 Å². The van der Waals surface area contributed by atoms with Crippen molar-refractivity contribution < 1.29 is 9.47 Å². The Bertz CT molecular complexity index is 889. The molecule has 2 aliphatic rings. The average Bonchev–Trinajstić information content (AvgIpc) is 3.36. The first-order chi connectivity index (χ1) is 11.3. The van der Waals surface area contributed by atoms with Crippen LogP contribution < -0.4 is 0 Å². The number of allylic oxidation sites excluding steroid dienone is 1. The standard InChI is InChI=1S/C17H16N4O2/c1-2-17(22-3-4-23-17)6-11(1)12-5-14-15(13-8-20-21-9-13)10-19-16(14)18-7-12/h5-10H,1-4H2,(H,18,19)(H,20,21). The summed E-state index contributed by atoms with van der Waals surface area (Å²) in [5.41, 5.74) is 5.39. The first-order valence-electron chi connectivity index (χ1n) is 7.79. The van der Waals surface area contributed by atoms with Gasteiger partial charge < -0.3 is 14.5 Å². The number of nitrogens with zero attached hydrogens (tertiary/aromatic N) is 2. The summed E-state index contributed by atoms with van der Waals surface area (Å²) in [5, 5.41) is 7.98. The van der Waals surface area contributed by atoms with Gasteiger partial charge in [0.25, 0.3) is 0 Å². The highest BCUT2D eigenvalue weighted by Gasteiger charge is 2.38. The molecule has 1 spiro atoms. The molecule has 3 aromatic heterocycles. The van der Waals surface area contributed by atoms with Gasteiger partial charge in [-0.1, -0.05) is 0 Å². The van der Waals surface area contributed by atoms with Gasteiger partial charge in [-0.05, 0) is 29.7 Å². The van der Waals surface area contributed by atoms with Crippen molar-refractivity contribution in [2.75, 3.05) is 13.2 Å². The van der Waals surface area contributed by atoms with Gasteiger partial charge in [-0.15, -0.1) is 0 Å². The minimum absolute atomic E-state index is 0.504. The number of hydrogen-bond acceptors (Lipinski definition) is 4. The Labute approximate surface area is 132 Å². The molecule has 1 aliphatic carbocycles. The van der Waals surface area contributed by atoms with Gasteiger partial charge in [0.05, 0.1) is 19.4 Å². The fraction of sp³-hybridized carbons (Fsp3) is 0.294. The summed E-state index contributed by atoms with van der Waals surface area (Å²) in [5.74, 6) is -0.504. The lowest BCUT2D eigenvalue weighted by Gasteiger charge is -2.17. The molecular weight excluding hydrogens is 292 g/mol. The Morgan fingerprint density at radius 2 is 2.00 bits per heavy atom. The summed E-state index contributed by atoms with van der Waals surface area (Å²) in [6.45, 7) is 1.34. The lowest BCUT2D eigenvalue weighted by Crippen LogP contribution is -2.23. The van der Waals surface area contributed by atoms with Crippen LogP contribution in [-0.4, -0.2) is 39.2 Å². The van der Waals surface area contributed by atoms with Crippen LogP contribution in [0.3, 0.4) is 0 Å². The summed E-state index contributed by atoms with van der Waals surface area (Å²) in [4.78, 5) is 7.78. The van der Waals surface area contributed by atoms with E-state index in [9.17, 15) is 0 Å². The minimum atomic E-state index is -0.504. The first kappa shape index (κ1) is 13.0. The van der Waals surface area contributed by atoms with Crippen molar-refractivity contribution >= 4 is 16.6 Å². The topological polar surface area (TPSA) is 75.8 Å². The van der Waals surface area contributed by atoms with Crippen LogP contribution in [0, 0.1) is 0 Å². The van der Waals surface area contributed by atoms with Gasteiger partial charge in [0, 0.05) is 41.5 Å². The van der Waals surface area contributed by atoms with Crippen LogP contribution >= 0.6 is 0 Å². The van der Waals surface area contributed by atoms with E-state index in [0.29, 0.717) is 13.2 Å². The molecule has 6 nitrogen and oxygen atoms in total. The van der Waals surface area contributed by atoms with E-state index in [0.717, 1.165) is 40.6 Å². The number of H-pyrrole nitrogens is 2. The monoisotopic (exact) mass is 308 g/mol. The van der Waals surface area contributed by atoms with Crippen LogP contribution in [0.5, 0.6) is 0 Å². The highest BCUT2D eigenvalue weighted by Crippen LogP contribution is 2.40. The third-order valence-electron chi connectivity index (χ3n) is 4.62. The molecule has 2 N–H and O–H groups in total. The third kappa shape index (κ3) is 2.03. The van der Waals surface area contributed by atoms with Crippen molar-refractivity contribution in [3.63, 3.8) is 0 Å². The first-order valence-corrected chi connectivity index (χ1v) is 7.79. The van der Waals surface area contributed by atoms with E-state index in [2.05, 4.69) is 32.3 Å². The van der Waals surface area contributed by atoms with Crippen molar-refractivity contribution in [3.05, 3.63) is 42.5 Å². The molecule has 3 aromatic rings. The average molecular weight is 308 g/mol. The maximum absolute atomic E-state index is 5.77. The largest absolute Gasteiger partial charge is 0.346 e. The van der Waals surface area contributed by atoms with Gasteiger partial charge >= 0.3 is 0 Å². The van der Waals surface area contributed by atoms with Crippen molar-refractivity contribution in [1.82, 2.24) is 20.2 Å². The SMILES string of the molecule is C1=C(c2cnc3[nH]cc(-c4cn[nH]c4)c3c2)CCC12OCCO2. The Morgan fingerprint density at radius 1 is 1.09 bits per heavy atom. The summed E-state index contributed by atoms with van der Waals surface area (Å²) < 4.78 is 11.5. The van der Waals surface area contributed by atoms with E-state index >= 15 is 0 Å². The molecule has 0 bridgehead atoms. The van der Waals surface area contributed by atoms with Crippen molar-refractivity contribution in [1.29, 1.82) is 0 Å². The molecule has 23 heavy (non-hydrogen) atoms. The molecule has 1 saturated heterocycles. The fourth-order valence-electron chi connectivity index (χ4n) is 3.46. The van der Waals surface area contributed by atoms with Crippen LogP contribution in [0.15, 0.2) is 36.9 Å². The molecule has 0 atom stereocenters. The molecule has 0 radical (unpaired) electrons.